The van der Waals surface area contributed by atoms with E-state index in [1.54, 1.807) is 6.33 Å². The van der Waals surface area contributed by atoms with Gasteiger partial charge in [-0.1, -0.05) is 0 Å². The first-order valence-electron chi connectivity index (χ1n) is 6.97. The molecule has 1 saturated heterocycles. The van der Waals surface area contributed by atoms with E-state index in [9.17, 15) is 0 Å². The Morgan fingerprint density at radius 2 is 1.70 bits per heavy atom. The fraction of sp³-hybridized carbons (Fsp3) is 0.333. The van der Waals surface area contributed by atoms with Crippen LogP contribution < -0.4 is 15.5 Å². The minimum atomic E-state index is 0.790. The summed E-state index contributed by atoms with van der Waals surface area (Å²) in [7, 11) is 1.84. The lowest BCUT2D eigenvalue weighted by Gasteiger charge is -2.17. The van der Waals surface area contributed by atoms with Crippen molar-refractivity contribution in [2.45, 2.75) is 12.8 Å². The Morgan fingerprint density at radius 1 is 1.00 bits per heavy atom. The van der Waals surface area contributed by atoms with Crippen LogP contribution in [0.25, 0.3) is 0 Å². The first-order valence-corrected chi connectivity index (χ1v) is 6.97. The summed E-state index contributed by atoms with van der Waals surface area (Å²) in [5.74, 6) is 1.59. The normalized spacial score (nSPS) is 14.3. The molecule has 20 heavy (non-hydrogen) atoms. The van der Waals surface area contributed by atoms with Crippen molar-refractivity contribution in [1.82, 2.24) is 9.97 Å². The quantitative estimate of drug-likeness (QED) is 0.894. The van der Waals surface area contributed by atoms with Crippen molar-refractivity contribution in [3.63, 3.8) is 0 Å². The maximum atomic E-state index is 4.21. The lowest BCUT2D eigenvalue weighted by molar-refractivity contribution is 0.949. The number of hydrogen-bond acceptors (Lipinski definition) is 5. The molecule has 0 saturated carbocycles. The van der Waals surface area contributed by atoms with Gasteiger partial charge in [0.05, 0.1) is 0 Å². The zero-order valence-electron chi connectivity index (χ0n) is 11.6. The van der Waals surface area contributed by atoms with Gasteiger partial charge in [0.15, 0.2) is 0 Å². The molecule has 1 fully saturated rings. The molecule has 1 aliphatic heterocycles. The Bertz CT molecular complexity index is 561. The highest BCUT2D eigenvalue weighted by Crippen LogP contribution is 2.23. The Hall–Kier alpha value is -2.30. The maximum absolute atomic E-state index is 4.21. The van der Waals surface area contributed by atoms with E-state index in [1.165, 1.54) is 31.6 Å². The zero-order chi connectivity index (χ0) is 13.8. The summed E-state index contributed by atoms with van der Waals surface area (Å²) >= 11 is 0. The van der Waals surface area contributed by atoms with Gasteiger partial charge in [-0.3, -0.25) is 0 Å². The molecule has 1 aromatic carbocycles. The number of hydrogen-bond donors (Lipinski definition) is 2. The molecule has 0 unspecified atom stereocenters. The third-order valence-corrected chi connectivity index (χ3v) is 3.53. The maximum Gasteiger partial charge on any atom is 0.135 e. The van der Waals surface area contributed by atoms with E-state index in [4.69, 9.17) is 0 Å². The molecule has 2 N–H and O–H groups in total. The average Bonchev–Trinajstić information content (AvgIpc) is 3.02. The molecular formula is C15H19N5. The second-order valence-electron chi connectivity index (χ2n) is 4.90. The van der Waals surface area contributed by atoms with Gasteiger partial charge in [-0.2, -0.15) is 0 Å². The van der Waals surface area contributed by atoms with E-state index < -0.39 is 0 Å². The summed E-state index contributed by atoms with van der Waals surface area (Å²) in [6, 6.07) is 10.4. The van der Waals surface area contributed by atoms with Crippen LogP contribution in [-0.4, -0.2) is 30.1 Å². The molecule has 0 bridgehead atoms. The van der Waals surface area contributed by atoms with Crippen molar-refractivity contribution >= 4 is 23.0 Å². The number of benzene rings is 1. The summed E-state index contributed by atoms with van der Waals surface area (Å²) in [5.41, 5.74) is 2.33. The van der Waals surface area contributed by atoms with E-state index in [0.29, 0.717) is 0 Å². The first kappa shape index (κ1) is 12.7. The van der Waals surface area contributed by atoms with Gasteiger partial charge < -0.3 is 15.5 Å². The molecule has 5 nitrogen and oxygen atoms in total. The molecule has 2 aromatic rings. The van der Waals surface area contributed by atoms with E-state index >= 15 is 0 Å². The van der Waals surface area contributed by atoms with Crippen LogP contribution in [0.5, 0.6) is 0 Å². The van der Waals surface area contributed by atoms with Crippen molar-refractivity contribution in [3.8, 4) is 0 Å². The van der Waals surface area contributed by atoms with Crippen LogP contribution in [0, 0.1) is 0 Å². The van der Waals surface area contributed by atoms with Crippen molar-refractivity contribution in [2.75, 3.05) is 35.7 Å². The highest BCUT2D eigenvalue weighted by molar-refractivity contribution is 5.62. The lowest BCUT2D eigenvalue weighted by Crippen LogP contribution is -2.17. The summed E-state index contributed by atoms with van der Waals surface area (Å²) in [5, 5.41) is 6.29. The van der Waals surface area contributed by atoms with Gasteiger partial charge in [0.25, 0.3) is 0 Å². The van der Waals surface area contributed by atoms with Crippen LogP contribution >= 0.6 is 0 Å². The number of nitrogens with one attached hydrogen (secondary N) is 2. The number of nitrogens with zero attached hydrogens (tertiary/aromatic N) is 3. The van der Waals surface area contributed by atoms with E-state index in [-0.39, 0.29) is 0 Å². The predicted octanol–water partition coefficient (Wildman–Crippen LogP) is 2.86. The second-order valence-corrected chi connectivity index (χ2v) is 4.90. The molecule has 104 valence electrons. The largest absolute Gasteiger partial charge is 0.373 e. The van der Waals surface area contributed by atoms with Crippen LogP contribution in [0.15, 0.2) is 36.7 Å². The van der Waals surface area contributed by atoms with Crippen molar-refractivity contribution < 1.29 is 0 Å². The predicted molar refractivity (Wildman–Crippen MR) is 82.8 cm³/mol. The van der Waals surface area contributed by atoms with Crippen LogP contribution in [0.4, 0.5) is 23.0 Å². The Labute approximate surface area is 119 Å². The minimum absolute atomic E-state index is 0.790. The van der Waals surface area contributed by atoms with Crippen LogP contribution in [-0.2, 0) is 0 Å². The second kappa shape index (κ2) is 5.77. The molecule has 1 aliphatic rings. The zero-order valence-corrected chi connectivity index (χ0v) is 11.6. The number of anilines is 4. The highest BCUT2D eigenvalue weighted by Gasteiger charge is 2.11. The third kappa shape index (κ3) is 2.82. The molecule has 0 aliphatic carbocycles. The van der Waals surface area contributed by atoms with Gasteiger partial charge in [-0.25, -0.2) is 9.97 Å². The van der Waals surface area contributed by atoms with Gasteiger partial charge in [-0.15, -0.1) is 0 Å². The van der Waals surface area contributed by atoms with Crippen LogP contribution in [0.2, 0.25) is 0 Å². The standard InChI is InChI=1S/C15H19N5/c1-16-14-10-15(18-11-17-14)19-12-4-6-13(7-5-12)20-8-2-3-9-20/h4-7,10-11H,2-3,8-9H2,1H3,(H2,16,17,18,19). The summed E-state index contributed by atoms with van der Waals surface area (Å²) < 4.78 is 0. The molecule has 0 spiro atoms. The molecular weight excluding hydrogens is 250 g/mol. The van der Waals surface area contributed by atoms with Crippen LogP contribution in [0.3, 0.4) is 0 Å². The topological polar surface area (TPSA) is 53.1 Å². The van der Waals surface area contributed by atoms with Gasteiger partial charge in [0.2, 0.25) is 0 Å². The van der Waals surface area contributed by atoms with Gasteiger partial charge in [0, 0.05) is 37.6 Å². The number of rotatable bonds is 4. The smallest absolute Gasteiger partial charge is 0.135 e. The minimum Gasteiger partial charge on any atom is -0.373 e. The Morgan fingerprint density at radius 3 is 2.40 bits per heavy atom. The van der Waals surface area contributed by atoms with E-state index in [2.05, 4.69) is 49.8 Å². The fourth-order valence-corrected chi connectivity index (χ4v) is 2.44. The molecule has 0 atom stereocenters. The molecule has 2 heterocycles. The van der Waals surface area contributed by atoms with E-state index in [1.807, 2.05) is 13.1 Å². The van der Waals surface area contributed by atoms with Crippen molar-refractivity contribution in [2.24, 2.45) is 0 Å². The molecule has 1 aromatic heterocycles. The van der Waals surface area contributed by atoms with E-state index in [0.717, 1.165) is 17.3 Å². The summed E-state index contributed by atoms with van der Waals surface area (Å²) in [6.45, 7) is 2.34. The number of aromatic nitrogens is 2. The van der Waals surface area contributed by atoms with Crippen LogP contribution in [0.1, 0.15) is 12.8 Å². The average molecular weight is 269 g/mol. The first-order chi connectivity index (χ1) is 9.85. The third-order valence-electron chi connectivity index (χ3n) is 3.53. The molecule has 0 amide bonds. The molecule has 5 heteroatoms. The molecule has 0 radical (unpaired) electrons. The monoisotopic (exact) mass is 269 g/mol. The Balaban J connectivity index is 1.71. The summed E-state index contributed by atoms with van der Waals surface area (Å²) in [6.07, 6.45) is 4.15. The highest BCUT2D eigenvalue weighted by atomic mass is 15.1. The lowest BCUT2D eigenvalue weighted by atomic mass is 10.2. The summed E-state index contributed by atoms with van der Waals surface area (Å²) in [4.78, 5) is 10.7. The van der Waals surface area contributed by atoms with Gasteiger partial charge in [0.1, 0.15) is 18.0 Å². The molecule has 3 rings (SSSR count). The van der Waals surface area contributed by atoms with Gasteiger partial charge >= 0.3 is 0 Å². The van der Waals surface area contributed by atoms with Gasteiger partial charge in [-0.05, 0) is 37.1 Å². The van der Waals surface area contributed by atoms with Crippen molar-refractivity contribution in [3.05, 3.63) is 36.7 Å². The Kier molecular flexibility index (Phi) is 3.67. The fourth-order valence-electron chi connectivity index (χ4n) is 2.44. The van der Waals surface area contributed by atoms with Crippen molar-refractivity contribution in [1.29, 1.82) is 0 Å². The SMILES string of the molecule is CNc1cc(Nc2ccc(N3CCCC3)cc2)ncn1.